The number of likely N-dealkylation sites (tertiary alicyclic amines) is 1. The number of piperidine rings is 1. The number of rotatable bonds is 5. The van der Waals surface area contributed by atoms with Crippen molar-refractivity contribution in [3.8, 4) is 5.88 Å². The van der Waals surface area contributed by atoms with Crippen molar-refractivity contribution >= 4 is 34.2 Å². The first-order valence-corrected chi connectivity index (χ1v) is 13.0. The van der Waals surface area contributed by atoms with E-state index in [0.717, 1.165) is 11.3 Å². The number of alkyl halides is 3. The molecule has 38 heavy (non-hydrogen) atoms. The van der Waals surface area contributed by atoms with E-state index in [4.69, 9.17) is 16.3 Å². The summed E-state index contributed by atoms with van der Waals surface area (Å²) >= 11 is 6.18. The predicted molar refractivity (Wildman–Crippen MR) is 134 cm³/mol. The molecule has 0 unspecified atom stereocenters. The Balaban J connectivity index is 1.12. The van der Waals surface area contributed by atoms with E-state index >= 15 is 0 Å². The van der Waals surface area contributed by atoms with E-state index in [9.17, 15) is 23.1 Å². The molecule has 2 aromatic heterocycles. The second-order valence-electron chi connectivity index (χ2n) is 10.8. The molecule has 3 aliphatic rings. The third kappa shape index (κ3) is 4.30. The minimum Gasteiger partial charge on any atom is -0.476 e. The van der Waals surface area contributed by atoms with E-state index in [1.807, 2.05) is 12.1 Å². The van der Waals surface area contributed by atoms with Crippen LogP contribution < -0.4 is 10.1 Å². The summed E-state index contributed by atoms with van der Waals surface area (Å²) in [7, 11) is 0. The van der Waals surface area contributed by atoms with Crippen LogP contribution >= 0.6 is 11.6 Å². The summed E-state index contributed by atoms with van der Waals surface area (Å²) < 4.78 is 49.0. The molecule has 12 heteroatoms. The maximum atomic E-state index is 14.0. The van der Waals surface area contributed by atoms with Gasteiger partial charge in [0.1, 0.15) is 6.61 Å². The Hall–Kier alpha value is -2.89. The van der Waals surface area contributed by atoms with Crippen molar-refractivity contribution in [3.63, 3.8) is 0 Å². The van der Waals surface area contributed by atoms with Gasteiger partial charge in [-0.2, -0.15) is 13.2 Å². The molecule has 0 atom stereocenters. The van der Waals surface area contributed by atoms with Crippen LogP contribution in [0.15, 0.2) is 30.6 Å². The first-order chi connectivity index (χ1) is 18.0. The lowest BCUT2D eigenvalue weighted by atomic mass is 9.73. The quantitative estimate of drug-likeness (QED) is 0.485. The van der Waals surface area contributed by atoms with Gasteiger partial charge < -0.3 is 19.7 Å². The Labute approximate surface area is 221 Å². The topological polar surface area (TPSA) is 92.5 Å². The van der Waals surface area contributed by atoms with Gasteiger partial charge in [0.25, 0.3) is 0 Å². The molecule has 0 bridgehead atoms. The van der Waals surface area contributed by atoms with Gasteiger partial charge in [-0.15, -0.1) is 0 Å². The summed E-state index contributed by atoms with van der Waals surface area (Å²) in [5.74, 6) is -0.157. The summed E-state index contributed by atoms with van der Waals surface area (Å²) in [6.07, 6.45) is -1.39. The lowest BCUT2D eigenvalue weighted by Gasteiger charge is -2.41. The normalized spacial score (nSPS) is 24.9. The summed E-state index contributed by atoms with van der Waals surface area (Å²) in [4.78, 5) is 22.9. The zero-order valence-electron chi connectivity index (χ0n) is 20.7. The molecular formula is C26H27ClF3N5O3. The number of ether oxygens (including phenoxy) is 1. The van der Waals surface area contributed by atoms with Crippen LogP contribution in [0.5, 0.6) is 5.88 Å². The van der Waals surface area contributed by atoms with E-state index in [1.165, 1.54) is 17.0 Å². The second-order valence-corrected chi connectivity index (χ2v) is 11.2. The highest BCUT2D eigenvalue weighted by atomic mass is 35.5. The van der Waals surface area contributed by atoms with Gasteiger partial charge in [-0.1, -0.05) is 11.6 Å². The number of carbonyl (C=O) groups excluding carboxylic acids is 1. The molecule has 2 fully saturated rings. The largest absolute Gasteiger partial charge is 0.476 e. The molecule has 4 heterocycles. The lowest BCUT2D eigenvalue weighted by molar-refractivity contribution is -0.140. The average molecular weight is 550 g/mol. The molecule has 8 nitrogen and oxygen atoms in total. The summed E-state index contributed by atoms with van der Waals surface area (Å²) in [5, 5.41) is 13.6. The Morgan fingerprint density at radius 3 is 2.66 bits per heavy atom. The Bertz CT molecular complexity index is 1410. The summed E-state index contributed by atoms with van der Waals surface area (Å²) in [6.45, 7) is 3.56. The van der Waals surface area contributed by atoms with Gasteiger partial charge in [0, 0.05) is 29.4 Å². The van der Waals surface area contributed by atoms with Gasteiger partial charge in [-0.05, 0) is 69.5 Å². The number of aliphatic hydroxyl groups is 1. The number of halogens is 4. The number of nitrogens with zero attached hydrogens (tertiary/aromatic N) is 4. The van der Waals surface area contributed by atoms with E-state index in [0.29, 0.717) is 50.3 Å². The van der Waals surface area contributed by atoms with Crippen LogP contribution in [0.4, 0.5) is 18.9 Å². The number of nitrogens with one attached hydrogen (secondary N) is 1. The molecule has 2 N–H and O–H groups in total. The SMILES string of the molecule is CC1(O)CC(n2cnc3cc(OCCN4CCC5(CC4)C(=O)Nc4ccc(Cl)cc45)nc(C(F)(F)F)c32)C1. The van der Waals surface area contributed by atoms with Crippen molar-refractivity contribution in [3.05, 3.63) is 46.9 Å². The number of hydrogen-bond acceptors (Lipinski definition) is 6. The van der Waals surface area contributed by atoms with Gasteiger partial charge in [-0.3, -0.25) is 9.69 Å². The minimum atomic E-state index is -4.69. The Kier molecular flexibility index (Phi) is 5.89. The van der Waals surface area contributed by atoms with Gasteiger partial charge in [0.15, 0.2) is 5.69 Å². The van der Waals surface area contributed by atoms with Crippen LogP contribution in [0.25, 0.3) is 11.0 Å². The smallest absolute Gasteiger partial charge is 0.435 e. The first-order valence-electron chi connectivity index (χ1n) is 12.6. The van der Waals surface area contributed by atoms with Crippen LogP contribution in [-0.4, -0.2) is 62.3 Å². The number of hydrogen-bond donors (Lipinski definition) is 2. The Morgan fingerprint density at radius 2 is 1.97 bits per heavy atom. The summed E-state index contributed by atoms with van der Waals surface area (Å²) in [6, 6.07) is 6.58. The van der Waals surface area contributed by atoms with Gasteiger partial charge >= 0.3 is 6.18 Å². The molecule has 2 aliphatic heterocycles. The predicted octanol–water partition coefficient (Wildman–Crippen LogP) is 4.55. The van der Waals surface area contributed by atoms with Crippen LogP contribution in [0.2, 0.25) is 5.02 Å². The molecule has 1 aliphatic carbocycles. The van der Waals surface area contributed by atoms with Gasteiger partial charge in [0.2, 0.25) is 11.8 Å². The van der Waals surface area contributed by atoms with E-state index in [1.54, 1.807) is 13.0 Å². The second kappa shape index (κ2) is 8.82. The van der Waals surface area contributed by atoms with Crippen molar-refractivity contribution in [1.29, 1.82) is 0 Å². The lowest BCUT2D eigenvalue weighted by Crippen LogP contribution is -2.47. The molecule has 1 aromatic carbocycles. The third-order valence-corrected chi connectivity index (χ3v) is 8.32. The number of carbonyl (C=O) groups is 1. The molecule has 202 valence electrons. The van der Waals surface area contributed by atoms with Gasteiger partial charge in [-0.25, -0.2) is 9.97 Å². The molecule has 1 saturated heterocycles. The van der Waals surface area contributed by atoms with Crippen molar-refractivity contribution in [1.82, 2.24) is 19.4 Å². The minimum absolute atomic E-state index is 0.0206. The highest BCUT2D eigenvalue weighted by Crippen LogP contribution is 2.46. The zero-order chi connectivity index (χ0) is 26.9. The fourth-order valence-electron chi connectivity index (χ4n) is 6.06. The number of amides is 1. The van der Waals surface area contributed by atoms with Crippen molar-refractivity contribution in [2.45, 2.75) is 55.8 Å². The number of pyridine rings is 1. The van der Waals surface area contributed by atoms with Crippen molar-refractivity contribution in [2.75, 3.05) is 31.6 Å². The molecule has 3 aromatic rings. The molecule has 6 rings (SSSR count). The number of benzene rings is 1. The standard InChI is InChI=1S/C26H27ClF3N5O3/c1-24(37)12-16(13-24)35-14-31-19-11-20(33-22(21(19)35)26(28,29)30)38-9-8-34-6-4-25(5-7-34)17-10-15(27)2-3-18(17)32-23(25)36/h2-3,10-11,14,16,37H,4-9,12-13H2,1H3,(H,32,36). The zero-order valence-corrected chi connectivity index (χ0v) is 21.4. The molecule has 1 saturated carbocycles. The van der Waals surface area contributed by atoms with E-state index < -0.39 is 22.9 Å². The van der Waals surface area contributed by atoms with Crippen LogP contribution in [0.1, 0.15) is 49.9 Å². The van der Waals surface area contributed by atoms with Crippen LogP contribution in [-0.2, 0) is 16.4 Å². The molecule has 1 spiro atoms. The monoisotopic (exact) mass is 549 g/mol. The average Bonchev–Trinajstić information content (AvgIpc) is 3.37. The maximum absolute atomic E-state index is 14.0. The fraction of sp³-hybridized carbons (Fsp3) is 0.500. The third-order valence-electron chi connectivity index (χ3n) is 8.09. The number of fused-ring (bicyclic) bond motifs is 3. The first kappa shape index (κ1) is 25.4. The van der Waals surface area contributed by atoms with E-state index in [-0.39, 0.29) is 35.5 Å². The highest BCUT2D eigenvalue weighted by Gasteiger charge is 2.48. The number of aromatic nitrogens is 3. The molecule has 1 amide bonds. The van der Waals surface area contributed by atoms with Crippen LogP contribution in [0.3, 0.4) is 0 Å². The van der Waals surface area contributed by atoms with Gasteiger partial charge in [0.05, 0.1) is 28.4 Å². The number of imidazole rings is 1. The Morgan fingerprint density at radius 1 is 1.24 bits per heavy atom. The summed E-state index contributed by atoms with van der Waals surface area (Å²) in [5.41, 5.74) is -0.768. The molecule has 0 radical (unpaired) electrons. The van der Waals surface area contributed by atoms with Crippen LogP contribution in [0, 0.1) is 0 Å². The fourth-order valence-corrected chi connectivity index (χ4v) is 6.23. The van der Waals surface area contributed by atoms with Crippen molar-refractivity contribution in [2.24, 2.45) is 0 Å². The maximum Gasteiger partial charge on any atom is 0.435 e. The van der Waals surface area contributed by atoms with Crippen molar-refractivity contribution < 1.29 is 27.8 Å². The highest BCUT2D eigenvalue weighted by molar-refractivity contribution is 6.31. The number of anilines is 1. The van der Waals surface area contributed by atoms with E-state index in [2.05, 4.69) is 20.2 Å². The molecular weight excluding hydrogens is 523 g/mol.